The number of amides is 1. The molecular formula is C12H13FN2O. The summed E-state index contributed by atoms with van der Waals surface area (Å²) in [7, 11) is 0. The lowest BCUT2D eigenvalue weighted by molar-refractivity contribution is 0.0937. The second kappa shape index (κ2) is 5.17. The Kier molecular flexibility index (Phi) is 3.90. The van der Waals surface area contributed by atoms with E-state index >= 15 is 0 Å². The van der Waals surface area contributed by atoms with Crippen LogP contribution in [-0.4, -0.2) is 11.9 Å². The van der Waals surface area contributed by atoms with Crippen LogP contribution < -0.4 is 11.1 Å². The first-order valence-corrected chi connectivity index (χ1v) is 4.84. The van der Waals surface area contributed by atoms with Crippen molar-refractivity contribution in [1.29, 1.82) is 0 Å². The van der Waals surface area contributed by atoms with Crippen LogP contribution in [0.4, 0.5) is 10.1 Å². The van der Waals surface area contributed by atoms with E-state index in [1.165, 1.54) is 12.1 Å². The highest BCUT2D eigenvalue weighted by atomic mass is 19.1. The molecule has 0 aliphatic heterocycles. The van der Waals surface area contributed by atoms with Crippen LogP contribution in [0, 0.1) is 18.2 Å². The van der Waals surface area contributed by atoms with Gasteiger partial charge in [-0.15, -0.1) is 12.3 Å². The first-order valence-electron chi connectivity index (χ1n) is 4.84. The van der Waals surface area contributed by atoms with Crippen LogP contribution in [0.15, 0.2) is 18.2 Å². The predicted octanol–water partition coefficient (Wildman–Crippen LogP) is 1.55. The quantitative estimate of drug-likeness (QED) is 0.599. The van der Waals surface area contributed by atoms with E-state index in [1.54, 1.807) is 6.92 Å². The van der Waals surface area contributed by atoms with Crippen LogP contribution in [0.1, 0.15) is 23.7 Å². The molecule has 0 aromatic heterocycles. The molecule has 84 valence electrons. The van der Waals surface area contributed by atoms with Gasteiger partial charge in [0.2, 0.25) is 0 Å². The molecule has 1 unspecified atom stereocenters. The van der Waals surface area contributed by atoms with Crippen molar-refractivity contribution >= 4 is 11.6 Å². The average molecular weight is 220 g/mol. The maximum absolute atomic E-state index is 13.3. The Balaban J connectivity index is 2.81. The largest absolute Gasteiger partial charge is 0.399 e. The monoisotopic (exact) mass is 220 g/mol. The second-order valence-electron chi connectivity index (χ2n) is 3.52. The van der Waals surface area contributed by atoms with E-state index < -0.39 is 11.7 Å². The number of carbonyl (C=O) groups is 1. The number of benzene rings is 1. The summed E-state index contributed by atoms with van der Waals surface area (Å²) in [5, 5.41) is 2.59. The summed E-state index contributed by atoms with van der Waals surface area (Å²) in [5.41, 5.74) is 5.75. The van der Waals surface area contributed by atoms with Crippen molar-refractivity contribution in [3.05, 3.63) is 29.6 Å². The van der Waals surface area contributed by atoms with Gasteiger partial charge in [-0.1, -0.05) is 0 Å². The Bertz CT molecular complexity index is 437. The second-order valence-corrected chi connectivity index (χ2v) is 3.52. The Morgan fingerprint density at radius 3 is 3.00 bits per heavy atom. The summed E-state index contributed by atoms with van der Waals surface area (Å²) in [6.45, 7) is 1.75. The Morgan fingerprint density at radius 1 is 1.69 bits per heavy atom. The minimum absolute atomic E-state index is 0.0659. The molecule has 0 aliphatic rings. The molecule has 0 bridgehead atoms. The van der Waals surface area contributed by atoms with E-state index in [0.717, 1.165) is 6.07 Å². The number of halogens is 1. The normalized spacial score (nSPS) is 11.6. The molecule has 1 aromatic rings. The summed E-state index contributed by atoms with van der Waals surface area (Å²) in [4.78, 5) is 11.6. The summed E-state index contributed by atoms with van der Waals surface area (Å²) < 4.78 is 13.3. The van der Waals surface area contributed by atoms with E-state index in [9.17, 15) is 9.18 Å². The molecule has 1 aromatic carbocycles. The molecule has 0 heterocycles. The smallest absolute Gasteiger partial charge is 0.254 e. The van der Waals surface area contributed by atoms with E-state index in [1.807, 2.05) is 0 Å². The van der Waals surface area contributed by atoms with Gasteiger partial charge in [-0.05, 0) is 25.1 Å². The van der Waals surface area contributed by atoms with E-state index in [2.05, 4.69) is 11.2 Å². The molecule has 1 amide bonds. The van der Waals surface area contributed by atoms with Crippen LogP contribution in [0.5, 0.6) is 0 Å². The molecule has 0 aliphatic carbocycles. The summed E-state index contributed by atoms with van der Waals surface area (Å²) in [5.74, 6) is 1.31. The highest BCUT2D eigenvalue weighted by Crippen LogP contribution is 2.12. The molecule has 0 saturated carbocycles. The van der Waals surface area contributed by atoms with Gasteiger partial charge in [0, 0.05) is 18.2 Å². The van der Waals surface area contributed by atoms with Crippen LogP contribution in [0.25, 0.3) is 0 Å². The molecule has 0 saturated heterocycles. The third-order valence-corrected chi connectivity index (χ3v) is 2.04. The first-order chi connectivity index (χ1) is 7.54. The van der Waals surface area contributed by atoms with Gasteiger partial charge in [0.25, 0.3) is 5.91 Å². The Hall–Kier alpha value is -2.02. The molecule has 3 nitrogen and oxygen atoms in total. The molecular weight excluding hydrogens is 207 g/mol. The number of carbonyl (C=O) groups excluding carboxylic acids is 1. The average Bonchev–Trinajstić information content (AvgIpc) is 2.21. The number of nitrogen functional groups attached to an aromatic ring is 1. The third kappa shape index (κ3) is 2.99. The van der Waals surface area contributed by atoms with Gasteiger partial charge in [0.15, 0.2) is 0 Å². The van der Waals surface area contributed by atoms with Crippen molar-refractivity contribution in [2.24, 2.45) is 0 Å². The van der Waals surface area contributed by atoms with E-state index in [4.69, 9.17) is 12.2 Å². The highest BCUT2D eigenvalue weighted by Gasteiger charge is 2.13. The van der Waals surface area contributed by atoms with Gasteiger partial charge >= 0.3 is 0 Å². The van der Waals surface area contributed by atoms with Crippen molar-refractivity contribution in [1.82, 2.24) is 5.32 Å². The fraction of sp³-hybridized carbons (Fsp3) is 0.250. The zero-order valence-electron chi connectivity index (χ0n) is 8.96. The molecule has 1 rings (SSSR count). The van der Waals surface area contributed by atoms with Crippen molar-refractivity contribution in [2.75, 3.05) is 5.73 Å². The summed E-state index contributed by atoms with van der Waals surface area (Å²) in [6, 6.07) is 3.67. The maximum atomic E-state index is 13.3. The zero-order chi connectivity index (χ0) is 12.1. The SMILES string of the molecule is C#CCC(C)NC(=O)c1cc(N)ccc1F. The van der Waals surface area contributed by atoms with Crippen molar-refractivity contribution in [3.63, 3.8) is 0 Å². The zero-order valence-corrected chi connectivity index (χ0v) is 8.96. The van der Waals surface area contributed by atoms with Crippen molar-refractivity contribution in [2.45, 2.75) is 19.4 Å². The molecule has 0 spiro atoms. The highest BCUT2D eigenvalue weighted by molar-refractivity contribution is 5.95. The van der Waals surface area contributed by atoms with Gasteiger partial charge < -0.3 is 11.1 Å². The lowest BCUT2D eigenvalue weighted by atomic mass is 10.1. The van der Waals surface area contributed by atoms with E-state index in [0.29, 0.717) is 12.1 Å². The predicted molar refractivity (Wildman–Crippen MR) is 61.2 cm³/mol. The maximum Gasteiger partial charge on any atom is 0.254 e. The standard InChI is InChI=1S/C12H13FN2O/c1-3-4-8(2)15-12(16)10-7-9(14)5-6-11(10)13/h1,5-8H,4,14H2,2H3,(H,15,16). The van der Waals surface area contributed by atoms with Crippen LogP contribution in [-0.2, 0) is 0 Å². The molecule has 16 heavy (non-hydrogen) atoms. The fourth-order valence-corrected chi connectivity index (χ4v) is 1.25. The number of hydrogen-bond donors (Lipinski definition) is 2. The van der Waals surface area contributed by atoms with E-state index in [-0.39, 0.29) is 11.6 Å². The molecule has 1 atom stereocenters. The third-order valence-electron chi connectivity index (χ3n) is 2.04. The number of hydrogen-bond acceptors (Lipinski definition) is 2. The molecule has 0 fully saturated rings. The molecule has 4 heteroatoms. The van der Waals surface area contributed by atoms with Gasteiger partial charge in [-0.2, -0.15) is 0 Å². The Labute approximate surface area is 93.8 Å². The summed E-state index contributed by atoms with van der Waals surface area (Å²) in [6.07, 6.45) is 5.50. The van der Waals surface area contributed by atoms with Gasteiger partial charge in [-0.25, -0.2) is 4.39 Å². The van der Waals surface area contributed by atoms with Crippen LogP contribution in [0.3, 0.4) is 0 Å². The lowest BCUT2D eigenvalue weighted by Crippen LogP contribution is -2.32. The number of nitrogens with one attached hydrogen (secondary N) is 1. The molecule has 3 N–H and O–H groups in total. The van der Waals surface area contributed by atoms with Crippen molar-refractivity contribution in [3.8, 4) is 12.3 Å². The minimum Gasteiger partial charge on any atom is -0.399 e. The summed E-state index contributed by atoms with van der Waals surface area (Å²) >= 11 is 0. The van der Waals surface area contributed by atoms with Gasteiger partial charge in [0.05, 0.1) is 5.56 Å². The number of rotatable bonds is 3. The first kappa shape index (κ1) is 12.1. The van der Waals surface area contributed by atoms with Gasteiger partial charge in [0.1, 0.15) is 5.82 Å². The fourth-order valence-electron chi connectivity index (χ4n) is 1.25. The Morgan fingerprint density at radius 2 is 2.38 bits per heavy atom. The number of terminal acetylenes is 1. The minimum atomic E-state index is -0.598. The number of nitrogens with two attached hydrogens (primary N) is 1. The molecule has 0 radical (unpaired) electrons. The number of anilines is 1. The van der Waals surface area contributed by atoms with Crippen molar-refractivity contribution < 1.29 is 9.18 Å². The topological polar surface area (TPSA) is 55.1 Å². The van der Waals surface area contributed by atoms with Crippen LogP contribution >= 0.6 is 0 Å². The van der Waals surface area contributed by atoms with Crippen LogP contribution in [0.2, 0.25) is 0 Å². The lowest BCUT2D eigenvalue weighted by Gasteiger charge is -2.11. The van der Waals surface area contributed by atoms with Gasteiger partial charge in [-0.3, -0.25) is 4.79 Å².